The van der Waals surface area contributed by atoms with Gasteiger partial charge in [-0.3, -0.25) is 4.79 Å². The standard InChI is InChI=1S/C17H25FO3/c1-3-5-6-7-8-9-10-14(19)13-11-12-15(21-4-2)16(18)17(13)20/h11-12,20H,3-10H2,1-2H3. The quantitative estimate of drug-likeness (QED) is 0.495. The van der Waals surface area contributed by atoms with Gasteiger partial charge in [0.05, 0.1) is 12.2 Å². The molecule has 0 fully saturated rings. The molecule has 0 heterocycles. The first-order valence-electron chi connectivity index (χ1n) is 7.79. The highest BCUT2D eigenvalue weighted by Gasteiger charge is 2.18. The van der Waals surface area contributed by atoms with Crippen molar-refractivity contribution in [3.05, 3.63) is 23.5 Å². The molecule has 4 heteroatoms. The highest BCUT2D eigenvalue weighted by Crippen LogP contribution is 2.30. The molecule has 0 aromatic heterocycles. The van der Waals surface area contributed by atoms with E-state index < -0.39 is 11.6 Å². The van der Waals surface area contributed by atoms with Crippen LogP contribution in [0.15, 0.2) is 12.1 Å². The fraction of sp³-hybridized carbons (Fsp3) is 0.588. The first kappa shape index (κ1) is 17.5. The van der Waals surface area contributed by atoms with Gasteiger partial charge in [-0.25, -0.2) is 0 Å². The van der Waals surface area contributed by atoms with Crippen LogP contribution in [0, 0.1) is 5.82 Å². The van der Waals surface area contributed by atoms with E-state index in [0.717, 1.165) is 19.3 Å². The Morgan fingerprint density at radius 3 is 2.48 bits per heavy atom. The number of benzene rings is 1. The Bertz CT molecular complexity index is 458. The third-order valence-electron chi connectivity index (χ3n) is 3.44. The van der Waals surface area contributed by atoms with E-state index in [1.807, 2.05) is 0 Å². The van der Waals surface area contributed by atoms with Gasteiger partial charge in [0.15, 0.2) is 17.3 Å². The molecule has 0 aliphatic carbocycles. The first-order valence-corrected chi connectivity index (χ1v) is 7.79. The number of ether oxygens (including phenoxy) is 1. The van der Waals surface area contributed by atoms with Crippen LogP contribution in [0.5, 0.6) is 11.5 Å². The smallest absolute Gasteiger partial charge is 0.207 e. The minimum Gasteiger partial charge on any atom is -0.504 e. The molecule has 1 aromatic rings. The van der Waals surface area contributed by atoms with Gasteiger partial charge in [0.2, 0.25) is 5.82 Å². The van der Waals surface area contributed by atoms with Crippen molar-refractivity contribution in [3.63, 3.8) is 0 Å². The summed E-state index contributed by atoms with van der Waals surface area (Å²) in [5.41, 5.74) is 0.0458. The molecule has 0 bridgehead atoms. The number of aromatic hydroxyl groups is 1. The lowest BCUT2D eigenvalue weighted by atomic mass is 10.0. The maximum absolute atomic E-state index is 13.8. The molecule has 0 saturated carbocycles. The minimum absolute atomic E-state index is 0.0221. The fourth-order valence-electron chi connectivity index (χ4n) is 2.24. The molecule has 0 saturated heterocycles. The van der Waals surface area contributed by atoms with Gasteiger partial charge in [-0.05, 0) is 25.5 Å². The Hall–Kier alpha value is -1.58. The zero-order chi connectivity index (χ0) is 15.7. The van der Waals surface area contributed by atoms with Crippen LogP contribution < -0.4 is 4.74 Å². The zero-order valence-electron chi connectivity index (χ0n) is 13.0. The third kappa shape index (κ3) is 5.37. The van der Waals surface area contributed by atoms with Crippen LogP contribution in [0.1, 0.15) is 69.2 Å². The maximum atomic E-state index is 13.8. The van der Waals surface area contributed by atoms with Gasteiger partial charge in [0.1, 0.15) is 0 Å². The van der Waals surface area contributed by atoms with Gasteiger partial charge < -0.3 is 9.84 Å². The third-order valence-corrected chi connectivity index (χ3v) is 3.44. The number of rotatable bonds is 10. The van der Waals surface area contributed by atoms with E-state index in [2.05, 4.69) is 6.92 Å². The molecule has 0 atom stereocenters. The molecule has 0 radical (unpaired) electrons. The summed E-state index contributed by atoms with van der Waals surface area (Å²) < 4.78 is 18.9. The number of Topliss-reactive ketones (excluding diaryl/α,β-unsaturated/α-hetero) is 1. The van der Waals surface area contributed by atoms with Gasteiger partial charge in [0, 0.05) is 6.42 Å². The van der Waals surface area contributed by atoms with Gasteiger partial charge in [-0.1, -0.05) is 39.0 Å². The summed E-state index contributed by atoms with van der Waals surface area (Å²) in [7, 11) is 0. The van der Waals surface area contributed by atoms with Crippen LogP contribution in [0.2, 0.25) is 0 Å². The van der Waals surface area contributed by atoms with Crippen molar-refractivity contribution in [2.75, 3.05) is 6.61 Å². The normalized spacial score (nSPS) is 10.6. The largest absolute Gasteiger partial charge is 0.504 e. The average Bonchev–Trinajstić information content (AvgIpc) is 2.47. The lowest BCUT2D eigenvalue weighted by Crippen LogP contribution is -2.03. The number of carbonyl (C=O) groups excluding carboxylic acids is 1. The average molecular weight is 296 g/mol. The van der Waals surface area contributed by atoms with E-state index >= 15 is 0 Å². The number of unbranched alkanes of at least 4 members (excludes halogenated alkanes) is 5. The number of hydrogen-bond acceptors (Lipinski definition) is 3. The summed E-state index contributed by atoms with van der Waals surface area (Å²) in [6.07, 6.45) is 6.82. The second-order valence-corrected chi connectivity index (χ2v) is 5.15. The van der Waals surface area contributed by atoms with E-state index in [1.54, 1.807) is 6.92 Å². The Kier molecular flexibility index (Phi) is 7.80. The molecule has 0 spiro atoms. The summed E-state index contributed by atoms with van der Waals surface area (Å²) >= 11 is 0. The number of ketones is 1. The lowest BCUT2D eigenvalue weighted by molar-refractivity contribution is 0.0975. The van der Waals surface area contributed by atoms with Gasteiger partial charge in [-0.2, -0.15) is 4.39 Å². The van der Waals surface area contributed by atoms with E-state index in [1.165, 1.54) is 31.4 Å². The summed E-state index contributed by atoms with van der Waals surface area (Å²) in [6.45, 7) is 4.20. The zero-order valence-corrected chi connectivity index (χ0v) is 13.0. The number of halogens is 1. The van der Waals surface area contributed by atoms with Crippen LogP contribution >= 0.6 is 0 Å². The predicted octanol–water partition coefficient (Wildman–Crippen LogP) is 4.86. The van der Waals surface area contributed by atoms with Crippen molar-refractivity contribution in [2.24, 2.45) is 0 Å². The Morgan fingerprint density at radius 2 is 1.81 bits per heavy atom. The van der Waals surface area contributed by atoms with E-state index in [4.69, 9.17) is 4.74 Å². The topological polar surface area (TPSA) is 46.5 Å². The van der Waals surface area contributed by atoms with Gasteiger partial charge >= 0.3 is 0 Å². The van der Waals surface area contributed by atoms with Crippen LogP contribution in [-0.4, -0.2) is 17.5 Å². The summed E-state index contributed by atoms with van der Waals surface area (Å²) in [5, 5.41) is 9.77. The summed E-state index contributed by atoms with van der Waals surface area (Å²) in [5.74, 6) is -1.70. The van der Waals surface area contributed by atoms with Gasteiger partial charge in [0.25, 0.3) is 0 Å². The molecule has 0 unspecified atom stereocenters. The van der Waals surface area contributed by atoms with Crippen molar-refractivity contribution in [1.29, 1.82) is 0 Å². The van der Waals surface area contributed by atoms with Crippen LogP contribution in [0.4, 0.5) is 4.39 Å². The first-order chi connectivity index (χ1) is 10.1. The molecule has 118 valence electrons. The molecular formula is C17H25FO3. The molecule has 0 aliphatic heterocycles. The number of phenolic OH excluding ortho intramolecular Hbond substituents is 1. The van der Waals surface area contributed by atoms with Crippen molar-refractivity contribution in [2.45, 2.75) is 58.8 Å². The maximum Gasteiger partial charge on any atom is 0.207 e. The minimum atomic E-state index is -0.856. The van der Waals surface area contributed by atoms with Crippen LogP contribution in [0.25, 0.3) is 0 Å². The molecule has 1 N–H and O–H groups in total. The molecule has 0 amide bonds. The number of carbonyl (C=O) groups is 1. The van der Waals surface area contributed by atoms with Crippen molar-refractivity contribution < 1.29 is 19.0 Å². The molecule has 0 aliphatic rings. The fourth-order valence-corrected chi connectivity index (χ4v) is 2.24. The van der Waals surface area contributed by atoms with Crippen LogP contribution in [0.3, 0.4) is 0 Å². The van der Waals surface area contributed by atoms with Crippen molar-refractivity contribution in [1.82, 2.24) is 0 Å². The SMILES string of the molecule is CCCCCCCCC(=O)c1ccc(OCC)c(F)c1O. The monoisotopic (exact) mass is 296 g/mol. The summed E-state index contributed by atoms with van der Waals surface area (Å²) in [6, 6.07) is 2.83. The van der Waals surface area contributed by atoms with E-state index in [0.29, 0.717) is 13.0 Å². The molecule has 1 rings (SSSR count). The molecule has 21 heavy (non-hydrogen) atoms. The van der Waals surface area contributed by atoms with Crippen molar-refractivity contribution in [3.8, 4) is 11.5 Å². The molecule has 1 aromatic carbocycles. The Morgan fingerprint density at radius 1 is 1.14 bits per heavy atom. The summed E-state index contributed by atoms with van der Waals surface area (Å²) in [4.78, 5) is 12.0. The predicted molar refractivity (Wildman–Crippen MR) is 81.6 cm³/mol. The van der Waals surface area contributed by atoms with E-state index in [-0.39, 0.29) is 17.1 Å². The Balaban J connectivity index is 2.53. The number of hydrogen-bond donors (Lipinski definition) is 1. The molecule has 3 nitrogen and oxygen atoms in total. The Labute approximate surface area is 126 Å². The lowest BCUT2D eigenvalue weighted by Gasteiger charge is -2.09. The van der Waals surface area contributed by atoms with Crippen LogP contribution in [-0.2, 0) is 0 Å². The highest BCUT2D eigenvalue weighted by atomic mass is 19.1. The van der Waals surface area contributed by atoms with Gasteiger partial charge in [-0.15, -0.1) is 0 Å². The second kappa shape index (κ2) is 9.37. The number of phenols is 1. The highest BCUT2D eigenvalue weighted by molar-refractivity contribution is 5.98. The van der Waals surface area contributed by atoms with Crippen molar-refractivity contribution >= 4 is 5.78 Å². The van der Waals surface area contributed by atoms with E-state index in [9.17, 15) is 14.3 Å². The second-order valence-electron chi connectivity index (χ2n) is 5.15. The molecular weight excluding hydrogens is 271 g/mol.